The van der Waals surface area contributed by atoms with Gasteiger partial charge in [0.15, 0.2) is 16.6 Å². The molecule has 2 aromatic carbocycles. The van der Waals surface area contributed by atoms with Crippen molar-refractivity contribution < 1.29 is 19.0 Å². The number of ether oxygens (including phenoxy) is 3. The van der Waals surface area contributed by atoms with E-state index in [0.717, 1.165) is 28.1 Å². The molecule has 0 aliphatic carbocycles. The van der Waals surface area contributed by atoms with E-state index in [-0.39, 0.29) is 5.91 Å². The summed E-state index contributed by atoms with van der Waals surface area (Å²) in [5.41, 5.74) is 3.82. The molecule has 29 heavy (non-hydrogen) atoms. The number of amides is 1. The van der Waals surface area contributed by atoms with Gasteiger partial charge in [0.05, 0.1) is 27.0 Å². The smallest absolute Gasteiger partial charge is 0.226 e. The second kappa shape index (κ2) is 9.43. The van der Waals surface area contributed by atoms with E-state index in [2.05, 4.69) is 10.3 Å². The summed E-state index contributed by atoms with van der Waals surface area (Å²) in [6.45, 7) is 2.02. The predicted molar refractivity (Wildman–Crippen MR) is 115 cm³/mol. The first-order valence-electron chi connectivity index (χ1n) is 9.15. The average molecular weight is 413 g/mol. The molecule has 3 aromatic rings. The number of thiazole rings is 1. The maximum absolute atomic E-state index is 12.4. The van der Waals surface area contributed by atoms with Crippen LogP contribution in [0.5, 0.6) is 17.2 Å². The second-order valence-electron chi connectivity index (χ2n) is 6.48. The number of carbonyl (C=O) groups excluding carboxylic acids is 1. The molecule has 0 bridgehead atoms. The SMILES string of the molecule is COc1ccc(CCC(=O)Nc2nc(-c3cc(C)ccc3OC)cs2)cc1OC. The zero-order valence-corrected chi connectivity index (χ0v) is 17.8. The molecule has 0 saturated heterocycles. The van der Waals surface area contributed by atoms with Crippen LogP contribution in [0.2, 0.25) is 0 Å². The van der Waals surface area contributed by atoms with E-state index in [1.165, 1.54) is 11.3 Å². The first-order valence-corrected chi connectivity index (χ1v) is 10.0. The van der Waals surface area contributed by atoms with Crippen molar-refractivity contribution in [3.05, 3.63) is 52.9 Å². The van der Waals surface area contributed by atoms with Gasteiger partial charge in [-0.2, -0.15) is 0 Å². The fourth-order valence-electron chi connectivity index (χ4n) is 2.95. The minimum Gasteiger partial charge on any atom is -0.496 e. The van der Waals surface area contributed by atoms with Crippen molar-refractivity contribution in [2.45, 2.75) is 19.8 Å². The van der Waals surface area contributed by atoms with Gasteiger partial charge in [-0.3, -0.25) is 4.79 Å². The Morgan fingerprint density at radius 2 is 1.72 bits per heavy atom. The molecule has 1 amide bonds. The first-order chi connectivity index (χ1) is 14.0. The Bertz CT molecular complexity index is 1000. The molecule has 1 aromatic heterocycles. The molecule has 0 aliphatic rings. The predicted octanol–water partition coefficient (Wildman–Crippen LogP) is 4.72. The van der Waals surface area contributed by atoms with Crippen LogP contribution in [0.4, 0.5) is 5.13 Å². The van der Waals surface area contributed by atoms with Crippen molar-refractivity contribution >= 4 is 22.4 Å². The molecular formula is C22H24N2O4S. The van der Waals surface area contributed by atoms with Gasteiger partial charge in [0.1, 0.15) is 5.75 Å². The number of carbonyl (C=O) groups is 1. The third-order valence-electron chi connectivity index (χ3n) is 4.47. The minimum absolute atomic E-state index is 0.0862. The molecule has 7 heteroatoms. The Balaban J connectivity index is 1.63. The topological polar surface area (TPSA) is 69.7 Å². The Morgan fingerprint density at radius 1 is 1.00 bits per heavy atom. The molecule has 6 nitrogen and oxygen atoms in total. The van der Waals surface area contributed by atoms with Crippen molar-refractivity contribution in [2.75, 3.05) is 26.6 Å². The minimum atomic E-state index is -0.0862. The Morgan fingerprint density at radius 3 is 2.45 bits per heavy atom. The maximum atomic E-state index is 12.4. The van der Waals surface area contributed by atoms with E-state index >= 15 is 0 Å². The van der Waals surface area contributed by atoms with Crippen LogP contribution in [-0.4, -0.2) is 32.2 Å². The number of rotatable bonds is 8. The van der Waals surface area contributed by atoms with Crippen molar-refractivity contribution in [1.82, 2.24) is 4.98 Å². The number of hydrogen-bond acceptors (Lipinski definition) is 6. The van der Waals surface area contributed by atoms with E-state index < -0.39 is 0 Å². The third kappa shape index (κ3) is 5.06. The number of hydrogen-bond donors (Lipinski definition) is 1. The number of nitrogens with zero attached hydrogens (tertiary/aromatic N) is 1. The molecule has 1 heterocycles. The van der Waals surface area contributed by atoms with Crippen LogP contribution in [-0.2, 0) is 11.2 Å². The summed E-state index contributed by atoms with van der Waals surface area (Å²) in [6, 6.07) is 11.6. The molecule has 152 valence electrons. The van der Waals surface area contributed by atoms with Gasteiger partial charge in [-0.1, -0.05) is 17.7 Å². The zero-order chi connectivity index (χ0) is 20.8. The zero-order valence-electron chi connectivity index (χ0n) is 16.9. The van der Waals surface area contributed by atoms with Gasteiger partial charge in [-0.15, -0.1) is 11.3 Å². The molecule has 0 spiro atoms. The lowest BCUT2D eigenvalue weighted by atomic mass is 10.1. The number of anilines is 1. The largest absolute Gasteiger partial charge is 0.496 e. The van der Waals surface area contributed by atoms with Crippen molar-refractivity contribution in [3.63, 3.8) is 0 Å². The van der Waals surface area contributed by atoms with Crippen molar-refractivity contribution in [1.29, 1.82) is 0 Å². The second-order valence-corrected chi connectivity index (χ2v) is 7.34. The summed E-state index contributed by atoms with van der Waals surface area (Å²) < 4.78 is 16.0. The number of aryl methyl sites for hydroxylation is 2. The number of methoxy groups -OCH3 is 3. The van der Waals surface area contributed by atoms with Crippen LogP contribution in [0.3, 0.4) is 0 Å². The van der Waals surface area contributed by atoms with Crippen molar-refractivity contribution in [2.24, 2.45) is 0 Å². The van der Waals surface area contributed by atoms with Crippen LogP contribution < -0.4 is 19.5 Å². The summed E-state index contributed by atoms with van der Waals surface area (Å²) in [5.74, 6) is 1.99. The average Bonchev–Trinajstić information content (AvgIpc) is 3.20. The van der Waals surface area contributed by atoms with E-state index in [1.807, 2.05) is 48.7 Å². The van der Waals surface area contributed by atoms with Crippen molar-refractivity contribution in [3.8, 4) is 28.5 Å². The number of benzene rings is 2. The van der Waals surface area contributed by atoms with E-state index in [9.17, 15) is 4.79 Å². The van der Waals surface area contributed by atoms with Crippen LogP contribution in [0, 0.1) is 6.92 Å². The molecule has 0 unspecified atom stereocenters. The summed E-state index contributed by atoms with van der Waals surface area (Å²) in [6.07, 6.45) is 0.939. The molecule has 0 atom stereocenters. The fourth-order valence-corrected chi connectivity index (χ4v) is 3.68. The van der Waals surface area contributed by atoms with Gasteiger partial charge in [-0.25, -0.2) is 4.98 Å². The highest BCUT2D eigenvalue weighted by atomic mass is 32.1. The monoisotopic (exact) mass is 412 g/mol. The summed E-state index contributed by atoms with van der Waals surface area (Å²) in [7, 11) is 4.83. The summed E-state index contributed by atoms with van der Waals surface area (Å²) in [4.78, 5) is 16.9. The van der Waals surface area contributed by atoms with E-state index in [1.54, 1.807) is 21.3 Å². The van der Waals surface area contributed by atoms with Crippen LogP contribution in [0.1, 0.15) is 17.5 Å². The lowest BCUT2D eigenvalue weighted by molar-refractivity contribution is -0.116. The molecule has 0 saturated carbocycles. The highest BCUT2D eigenvalue weighted by molar-refractivity contribution is 7.14. The standard InChI is InChI=1S/C22H24N2O4S/c1-14-5-8-18(26-2)16(11-14)17-13-29-22(23-17)24-21(25)10-7-15-6-9-19(27-3)20(12-15)28-4/h5-6,8-9,11-13H,7,10H2,1-4H3,(H,23,24,25). The molecule has 3 rings (SSSR count). The highest BCUT2D eigenvalue weighted by Crippen LogP contribution is 2.33. The summed E-state index contributed by atoms with van der Waals surface area (Å²) in [5, 5.41) is 5.37. The van der Waals surface area contributed by atoms with Crippen LogP contribution in [0.15, 0.2) is 41.8 Å². The molecule has 0 radical (unpaired) electrons. The van der Waals surface area contributed by atoms with Gasteiger partial charge in [-0.05, 0) is 43.2 Å². The highest BCUT2D eigenvalue weighted by Gasteiger charge is 2.13. The van der Waals surface area contributed by atoms with Gasteiger partial charge in [0.2, 0.25) is 5.91 Å². The van der Waals surface area contributed by atoms with Gasteiger partial charge >= 0.3 is 0 Å². The molecule has 0 fully saturated rings. The Labute approximate surface area is 174 Å². The van der Waals surface area contributed by atoms with E-state index in [4.69, 9.17) is 14.2 Å². The fraction of sp³-hybridized carbons (Fsp3) is 0.273. The number of aromatic nitrogens is 1. The van der Waals surface area contributed by atoms with E-state index in [0.29, 0.717) is 29.5 Å². The van der Waals surface area contributed by atoms with Crippen LogP contribution >= 0.6 is 11.3 Å². The molecular weight excluding hydrogens is 388 g/mol. The third-order valence-corrected chi connectivity index (χ3v) is 5.23. The normalized spacial score (nSPS) is 10.5. The first kappa shape index (κ1) is 20.7. The lowest BCUT2D eigenvalue weighted by Gasteiger charge is -2.09. The number of nitrogens with one attached hydrogen (secondary N) is 1. The lowest BCUT2D eigenvalue weighted by Crippen LogP contribution is -2.12. The quantitative estimate of drug-likeness (QED) is 0.580. The van der Waals surface area contributed by atoms with Crippen LogP contribution in [0.25, 0.3) is 11.3 Å². The van der Waals surface area contributed by atoms with Gasteiger partial charge in [0.25, 0.3) is 0 Å². The maximum Gasteiger partial charge on any atom is 0.226 e. The summed E-state index contributed by atoms with van der Waals surface area (Å²) >= 11 is 1.40. The molecule has 0 aliphatic heterocycles. The molecule has 1 N–H and O–H groups in total. The Hall–Kier alpha value is -3.06. The Kier molecular flexibility index (Phi) is 6.72. The van der Waals surface area contributed by atoms with Gasteiger partial charge in [0, 0.05) is 17.4 Å². The van der Waals surface area contributed by atoms with Gasteiger partial charge < -0.3 is 19.5 Å².